The molecule has 1 aromatic rings. The standard InChI is InChI=1S/C14H21BrN/c1-3-5-11-16(12-6-4-2)14-10-8-7-9-13(14)15/h7-8,10H,3-6,11-12H2,1-2H3. The van der Waals surface area contributed by atoms with Crippen LogP contribution >= 0.6 is 15.9 Å². The molecule has 0 amide bonds. The quantitative estimate of drug-likeness (QED) is 0.703. The van der Waals surface area contributed by atoms with Gasteiger partial charge < -0.3 is 4.90 Å². The fourth-order valence-electron chi connectivity index (χ4n) is 1.70. The molecular formula is C14H21BrN. The average Bonchev–Trinajstić information content (AvgIpc) is 2.31. The van der Waals surface area contributed by atoms with E-state index >= 15 is 0 Å². The van der Waals surface area contributed by atoms with Gasteiger partial charge in [-0.25, -0.2) is 0 Å². The van der Waals surface area contributed by atoms with Crippen LogP contribution in [0, 0.1) is 6.07 Å². The maximum Gasteiger partial charge on any atom is 0.0517 e. The van der Waals surface area contributed by atoms with Gasteiger partial charge in [0.2, 0.25) is 0 Å². The predicted octanol–water partition coefficient (Wildman–Crippen LogP) is 4.66. The lowest BCUT2D eigenvalue weighted by molar-refractivity contribution is 0.677. The van der Waals surface area contributed by atoms with Crippen molar-refractivity contribution in [2.45, 2.75) is 39.5 Å². The lowest BCUT2D eigenvalue weighted by Crippen LogP contribution is -2.25. The molecule has 89 valence electrons. The Balaban J connectivity index is 2.70. The Hall–Kier alpha value is -0.500. The van der Waals surface area contributed by atoms with Gasteiger partial charge in [0.15, 0.2) is 0 Å². The van der Waals surface area contributed by atoms with E-state index in [4.69, 9.17) is 0 Å². The van der Waals surface area contributed by atoms with Gasteiger partial charge in [-0.3, -0.25) is 0 Å². The summed E-state index contributed by atoms with van der Waals surface area (Å²) < 4.78 is 1.09. The van der Waals surface area contributed by atoms with Gasteiger partial charge in [0.25, 0.3) is 0 Å². The zero-order valence-corrected chi connectivity index (χ0v) is 11.9. The Kier molecular flexibility index (Phi) is 6.55. The number of hydrogen-bond donors (Lipinski definition) is 0. The molecule has 1 nitrogen and oxygen atoms in total. The van der Waals surface area contributed by atoms with Crippen LogP contribution in [-0.2, 0) is 0 Å². The Morgan fingerprint density at radius 1 is 1.19 bits per heavy atom. The summed E-state index contributed by atoms with van der Waals surface area (Å²) in [6.07, 6.45) is 5.00. The first-order valence-electron chi connectivity index (χ1n) is 6.20. The number of anilines is 1. The molecule has 0 aliphatic carbocycles. The van der Waals surface area contributed by atoms with Gasteiger partial charge in [-0.1, -0.05) is 38.8 Å². The third-order valence-electron chi connectivity index (χ3n) is 2.69. The average molecular weight is 283 g/mol. The van der Waals surface area contributed by atoms with Crippen LogP contribution < -0.4 is 4.90 Å². The minimum absolute atomic E-state index is 1.09. The highest BCUT2D eigenvalue weighted by molar-refractivity contribution is 9.10. The SMILES string of the molecule is CCCCN(CCCC)c1ccc[c]c1Br. The molecule has 1 rings (SSSR count). The summed E-state index contributed by atoms with van der Waals surface area (Å²) in [7, 11) is 0. The van der Waals surface area contributed by atoms with Gasteiger partial charge in [-0.05, 0) is 40.9 Å². The molecule has 0 saturated carbocycles. The molecule has 1 aromatic carbocycles. The highest BCUT2D eigenvalue weighted by atomic mass is 79.9. The van der Waals surface area contributed by atoms with Crippen molar-refractivity contribution in [1.29, 1.82) is 0 Å². The lowest BCUT2D eigenvalue weighted by Gasteiger charge is -2.25. The fourth-order valence-corrected chi connectivity index (χ4v) is 2.22. The van der Waals surface area contributed by atoms with E-state index in [1.165, 1.54) is 31.4 Å². The smallest absolute Gasteiger partial charge is 0.0517 e. The predicted molar refractivity (Wildman–Crippen MR) is 75.0 cm³/mol. The molecule has 0 unspecified atom stereocenters. The van der Waals surface area contributed by atoms with E-state index in [1.54, 1.807) is 0 Å². The summed E-state index contributed by atoms with van der Waals surface area (Å²) >= 11 is 3.58. The van der Waals surface area contributed by atoms with E-state index in [1.807, 2.05) is 6.07 Å². The van der Waals surface area contributed by atoms with Crippen LogP contribution in [0.2, 0.25) is 0 Å². The summed E-state index contributed by atoms with van der Waals surface area (Å²) in [6, 6.07) is 9.39. The second-order valence-electron chi connectivity index (χ2n) is 4.06. The summed E-state index contributed by atoms with van der Waals surface area (Å²) in [5.41, 5.74) is 1.28. The van der Waals surface area contributed by atoms with E-state index in [0.717, 1.165) is 17.6 Å². The number of rotatable bonds is 7. The van der Waals surface area contributed by atoms with Gasteiger partial charge in [0, 0.05) is 17.6 Å². The van der Waals surface area contributed by atoms with Crippen LogP contribution in [0.15, 0.2) is 22.7 Å². The summed E-state index contributed by atoms with van der Waals surface area (Å²) in [6.45, 7) is 6.77. The topological polar surface area (TPSA) is 3.24 Å². The Labute approximate surface area is 108 Å². The number of halogens is 1. The monoisotopic (exact) mass is 282 g/mol. The van der Waals surface area contributed by atoms with Crippen molar-refractivity contribution in [1.82, 2.24) is 0 Å². The van der Waals surface area contributed by atoms with Crippen LogP contribution in [0.4, 0.5) is 5.69 Å². The fraction of sp³-hybridized carbons (Fsp3) is 0.571. The van der Waals surface area contributed by atoms with E-state index in [-0.39, 0.29) is 0 Å². The summed E-state index contributed by atoms with van der Waals surface area (Å²) in [5, 5.41) is 0. The molecular weight excluding hydrogens is 262 g/mol. The third-order valence-corrected chi connectivity index (χ3v) is 3.32. The normalized spacial score (nSPS) is 10.4. The largest absolute Gasteiger partial charge is 0.371 e. The van der Waals surface area contributed by atoms with Gasteiger partial charge >= 0.3 is 0 Å². The highest BCUT2D eigenvalue weighted by Crippen LogP contribution is 2.25. The first kappa shape index (κ1) is 13.6. The molecule has 2 heteroatoms. The van der Waals surface area contributed by atoms with E-state index in [9.17, 15) is 0 Å². The van der Waals surface area contributed by atoms with E-state index in [0.29, 0.717) is 0 Å². The minimum atomic E-state index is 1.09. The Morgan fingerprint density at radius 2 is 1.81 bits per heavy atom. The van der Waals surface area contributed by atoms with Gasteiger partial charge in [0.1, 0.15) is 0 Å². The summed E-state index contributed by atoms with van der Waals surface area (Å²) in [4.78, 5) is 2.47. The van der Waals surface area contributed by atoms with Crippen LogP contribution in [0.25, 0.3) is 0 Å². The first-order valence-corrected chi connectivity index (χ1v) is 7.00. The highest BCUT2D eigenvalue weighted by Gasteiger charge is 2.08. The van der Waals surface area contributed by atoms with Crippen molar-refractivity contribution >= 4 is 21.6 Å². The molecule has 16 heavy (non-hydrogen) atoms. The zero-order chi connectivity index (χ0) is 11.8. The summed E-state index contributed by atoms with van der Waals surface area (Å²) in [5.74, 6) is 0. The molecule has 0 saturated heterocycles. The second kappa shape index (κ2) is 7.72. The Morgan fingerprint density at radius 3 is 2.31 bits per heavy atom. The molecule has 0 aliphatic heterocycles. The maximum absolute atomic E-state index is 3.58. The molecule has 0 bridgehead atoms. The molecule has 0 aliphatic rings. The van der Waals surface area contributed by atoms with Crippen LogP contribution in [0.3, 0.4) is 0 Å². The molecule has 0 N–H and O–H groups in total. The van der Waals surface area contributed by atoms with Gasteiger partial charge in [0.05, 0.1) is 5.69 Å². The van der Waals surface area contributed by atoms with Crippen molar-refractivity contribution < 1.29 is 0 Å². The van der Waals surface area contributed by atoms with Crippen LogP contribution in [0.5, 0.6) is 0 Å². The molecule has 0 fully saturated rings. The van der Waals surface area contributed by atoms with Crippen molar-refractivity contribution in [3.63, 3.8) is 0 Å². The number of unbranched alkanes of at least 4 members (excludes halogenated alkanes) is 2. The molecule has 0 atom stereocenters. The molecule has 0 aromatic heterocycles. The number of nitrogens with zero attached hydrogens (tertiary/aromatic N) is 1. The molecule has 0 heterocycles. The maximum atomic E-state index is 3.58. The van der Waals surface area contributed by atoms with E-state index in [2.05, 4.69) is 52.9 Å². The van der Waals surface area contributed by atoms with Crippen molar-refractivity contribution in [2.24, 2.45) is 0 Å². The van der Waals surface area contributed by atoms with Crippen LogP contribution in [-0.4, -0.2) is 13.1 Å². The second-order valence-corrected chi connectivity index (χ2v) is 4.86. The Bertz CT molecular complexity index is 291. The third kappa shape index (κ3) is 4.17. The molecule has 0 spiro atoms. The van der Waals surface area contributed by atoms with E-state index < -0.39 is 0 Å². The van der Waals surface area contributed by atoms with Gasteiger partial charge in [-0.15, -0.1) is 0 Å². The lowest BCUT2D eigenvalue weighted by atomic mass is 10.2. The molecule has 1 radical (unpaired) electrons. The number of hydrogen-bond acceptors (Lipinski definition) is 1. The van der Waals surface area contributed by atoms with Crippen LogP contribution in [0.1, 0.15) is 39.5 Å². The van der Waals surface area contributed by atoms with Gasteiger partial charge in [-0.2, -0.15) is 0 Å². The minimum Gasteiger partial charge on any atom is -0.371 e. The van der Waals surface area contributed by atoms with Crippen molar-refractivity contribution in [3.05, 3.63) is 28.7 Å². The van der Waals surface area contributed by atoms with Crippen molar-refractivity contribution in [2.75, 3.05) is 18.0 Å². The van der Waals surface area contributed by atoms with Crippen molar-refractivity contribution in [3.8, 4) is 0 Å². The first-order chi connectivity index (χ1) is 7.79. The zero-order valence-electron chi connectivity index (χ0n) is 10.3. The number of benzene rings is 1.